The van der Waals surface area contributed by atoms with Crippen LogP contribution in [-0.4, -0.2) is 21.9 Å². The average Bonchev–Trinajstić information content (AvgIpc) is 2.99. The van der Waals surface area contributed by atoms with Crippen molar-refractivity contribution in [2.75, 3.05) is 11.9 Å². The third kappa shape index (κ3) is 3.32. The van der Waals surface area contributed by atoms with Gasteiger partial charge in [0.05, 0.1) is 5.69 Å². The van der Waals surface area contributed by atoms with Gasteiger partial charge in [-0.15, -0.1) is 0 Å². The van der Waals surface area contributed by atoms with Gasteiger partial charge < -0.3 is 20.2 Å². The molecule has 23 heavy (non-hydrogen) atoms. The van der Waals surface area contributed by atoms with E-state index >= 15 is 0 Å². The highest BCUT2D eigenvalue weighted by Crippen LogP contribution is 2.19. The van der Waals surface area contributed by atoms with Crippen molar-refractivity contribution >= 4 is 17.2 Å². The average molecular weight is 310 g/mol. The molecule has 0 fully saturated rings. The fourth-order valence-corrected chi connectivity index (χ4v) is 2.29. The number of para-hydroxylation sites is 1. The van der Waals surface area contributed by atoms with Gasteiger partial charge in [0.2, 0.25) is 0 Å². The molecule has 118 valence electrons. The van der Waals surface area contributed by atoms with E-state index in [1.807, 2.05) is 54.0 Å². The van der Waals surface area contributed by atoms with Crippen LogP contribution in [0.15, 0.2) is 48.8 Å². The Bertz CT molecular complexity index is 841. The van der Waals surface area contributed by atoms with Crippen LogP contribution in [0.3, 0.4) is 0 Å². The van der Waals surface area contributed by atoms with Crippen LogP contribution in [-0.2, 0) is 11.3 Å². The minimum Gasteiger partial charge on any atom is -0.480 e. The number of hydrogen-bond acceptors (Lipinski definition) is 4. The number of fused-ring (bicyclic) bond motifs is 1. The van der Waals surface area contributed by atoms with E-state index < -0.39 is 0 Å². The van der Waals surface area contributed by atoms with Gasteiger partial charge >= 0.3 is 0 Å². The normalized spacial score (nSPS) is 10.7. The first-order valence-electron chi connectivity index (χ1n) is 7.32. The molecular weight excluding hydrogens is 292 g/mol. The number of nitrogens with one attached hydrogen (secondary N) is 1. The number of benzene rings is 1. The molecule has 2 heterocycles. The van der Waals surface area contributed by atoms with Crippen molar-refractivity contribution in [2.24, 2.45) is 5.73 Å². The minimum absolute atomic E-state index is 0.0845. The van der Waals surface area contributed by atoms with Crippen LogP contribution in [0, 0.1) is 6.92 Å². The maximum Gasteiger partial charge on any atom is 0.262 e. The van der Waals surface area contributed by atoms with Crippen molar-refractivity contribution in [2.45, 2.75) is 13.5 Å². The number of carbonyl (C=O) groups is 1. The van der Waals surface area contributed by atoms with E-state index in [1.165, 1.54) is 0 Å². The topological polar surface area (TPSA) is 81.6 Å². The number of carbonyl (C=O) groups excluding carboxylic acids is 1. The fraction of sp³-hybridized carbons (Fsp3) is 0.176. The number of ether oxygens (including phenoxy) is 1. The Morgan fingerprint density at radius 1 is 1.30 bits per heavy atom. The molecule has 6 heteroatoms. The molecule has 0 aliphatic carbocycles. The zero-order valence-corrected chi connectivity index (χ0v) is 12.8. The van der Waals surface area contributed by atoms with Crippen molar-refractivity contribution in [1.29, 1.82) is 0 Å². The standard InChI is InChI=1S/C17H18N4O2/c1-12-5-2-3-6-14(12)20-16(22)11-23-15-7-4-8-21-10-13(9-18)19-17(15)21/h2-8,10H,9,11,18H2,1H3,(H,20,22). The SMILES string of the molecule is Cc1ccccc1NC(=O)COc1cccn2cc(CN)nc12. The van der Waals surface area contributed by atoms with E-state index in [-0.39, 0.29) is 12.5 Å². The largest absolute Gasteiger partial charge is 0.480 e. The molecule has 0 atom stereocenters. The first-order valence-corrected chi connectivity index (χ1v) is 7.32. The Hall–Kier alpha value is -2.86. The molecule has 0 spiro atoms. The minimum atomic E-state index is -0.216. The number of amides is 1. The van der Waals surface area contributed by atoms with Gasteiger partial charge in [0, 0.05) is 24.6 Å². The lowest BCUT2D eigenvalue weighted by Crippen LogP contribution is -2.20. The summed E-state index contributed by atoms with van der Waals surface area (Å²) in [7, 11) is 0. The molecule has 3 N–H and O–H groups in total. The zero-order valence-electron chi connectivity index (χ0n) is 12.8. The maximum atomic E-state index is 12.1. The molecule has 0 unspecified atom stereocenters. The first kappa shape index (κ1) is 15.1. The van der Waals surface area contributed by atoms with E-state index in [0.29, 0.717) is 17.9 Å². The van der Waals surface area contributed by atoms with Crippen molar-refractivity contribution < 1.29 is 9.53 Å². The summed E-state index contributed by atoms with van der Waals surface area (Å²) in [6, 6.07) is 11.2. The smallest absolute Gasteiger partial charge is 0.262 e. The Kier molecular flexibility index (Phi) is 4.25. The molecule has 1 amide bonds. The van der Waals surface area contributed by atoms with Gasteiger partial charge in [-0.3, -0.25) is 4.79 Å². The number of nitrogens with zero attached hydrogens (tertiary/aromatic N) is 2. The summed E-state index contributed by atoms with van der Waals surface area (Å²) in [4.78, 5) is 16.4. The maximum absolute atomic E-state index is 12.1. The van der Waals surface area contributed by atoms with Crippen molar-refractivity contribution in [3.63, 3.8) is 0 Å². The highest BCUT2D eigenvalue weighted by Gasteiger charge is 2.09. The molecule has 0 aliphatic heterocycles. The molecule has 1 aromatic carbocycles. The third-order valence-corrected chi connectivity index (χ3v) is 3.48. The monoisotopic (exact) mass is 310 g/mol. The molecule has 3 rings (SSSR count). The number of anilines is 1. The number of aromatic nitrogens is 2. The quantitative estimate of drug-likeness (QED) is 0.756. The summed E-state index contributed by atoms with van der Waals surface area (Å²) in [5.41, 5.74) is 8.81. The van der Waals surface area contributed by atoms with Gasteiger partial charge in [-0.25, -0.2) is 4.98 Å². The summed E-state index contributed by atoms with van der Waals surface area (Å²) >= 11 is 0. The lowest BCUT2D eigenvalue weighted by atomic mass is 10.2. The molecule has 0 radical (unpaired) electrons. The number of imidazole rings is 1. The number of rotatable bonds is 5. The van der Waals surface area contributed by atoms with Crippen LogP contribution in [0.1, 0.15) is 11.3 Å². The van der Waals surface area contributed by atoms with Crippen molar-refractivity contribution in [3.05, 3.63) is 60.0 Å². The third-order valence-electron chi connectivity index (χ3n) is 3.48. The Balaban J connectivity index is 1.69. The summed E-state index contributed by atoms with van der Waals surface area (Å²) in [5, 5.41) is 2.83. The van der Waals surface area contributed by atoms with Crippen LogP contribution in [0.4, 0.5) is 5.69 Å². The Labute approximate surface area is 133 Å². The molecular formula is C17H18N4O2. The van der Waals surface area contributed by atoms with Gasteiger partial charge in [-0.05, 0) is 30.7 Å². The van der Waals surface area contributed by atoms with E-state index in [2.05, 4.69) is 10.3 Å². The van der Waals surface area contributed by atoms with E-state index in [4.69, 9.17) is 10.5 Å². The predicted octanol–water partition coefficient (Wildman–Crippen LogP) is 2.12. The second-order valence-electron chi connectivity index (χ2n) is 5.19. The van der Waals surface area contributed by atoms with Gasteiger partial charge in [-0.2, -0.15) is 0 Å². The number of hydrogen-bond donors (Lipinski definition) is 2. The summed E-state index contributed by atoms with van der Waals surface area (Å²) in [6.45, 7) is 2.21. The van der Waals surface area contributed by atoms with Crippen molar-refractivity contribution in [1.82, 2.24) is 9.38 Å². The van der Waals surface area contributed by atoms with Crippen molar-refractivity contribution in [3.8, 4) is 5.75 Å². The predicted molar refractivity (Wildman–Crippen MR) is 88.4 cm³/mol. The van der Waals surface area contributed by atoms with E-state index in [1.54, 1.807) is 6.07 Å². The molecule has 2 aromatic heterocycles. The van der Waals surface area contributed by atoms with Crippen LogP contribution < -0.4 is 15.8 Å². The first-order chi connectivity index (χ1) is 11.2. The molecule has 3 aromatic rings. The molecule has 0 saturated heterocycles. The fourth-order valence-electron chi connectivity index (χ4n) is 2.29. The summed E-state index contributed by atoms with van der Waals surface area (Å²) in [6.07, 6.45) is 3.71. The number of pyridine rings is 1. The number of aryl methyl sites for hydroxylation is 1. The van der Waals surface area contributed by atoms with Crippen LogP contribution in [0.5, 0.6) is 5.75 Å². The summed E-state index contributed by atoms with van der Waals surface area (Å²) in [5.74, 6) is 0.332. The van der Waals surface area contributed by atoms with Crippen LogP contribution >= 0.6 is 0 Å². The van der Waals surface area contributed by atoms with E-state index in [0.717, 1.165) is 16.9 Å². The summed E-state index contributed by atoms with van der Waals surface area (Å²) < 4.78 is 7.44. The highest BCUT2D eigenvalue weighted by molar-refractivity contribution is 5.92. The second-order valence-corrected chi connectivity index (χ2v) is 5.19. The van der Waals surface area contributed by atoms with Crippen LogP contribution in [0.25, 0.3) is 5.65 Å². The molecule has 0 aliphatic rings. The zero-order chi connectivity index (χ0) is 16.2. The molecule has 0 bridgehead atoms. The van der Waals surface area contributed by atoms with E-state index in [9.17, 15) is 4.79 Å². The Morgan fingerprint density at radius 3 is 2.91 bits per heavy atom. The number of nitrogens with two attached hydrogens (primary N) is 1. The van der Waals surface area contributed by atoms with Gasteiger partial charge in [0.25, 0.3) is 5.91 Å². The lowest BCUT2D eigenvalue weighted by molar-refractivity contribution is -0.118. The highest BCUT2D eigenvalue weighted by atomic mass is 16.5. The molecule has 0 saturated carbocycles. The lowest BCUT2D eigenvalue weighted by Gasteiger charge is -2.09. The second kappa shape index (κ2) is 6.50. The van der Waals surface area contributed by atoms with Gasteiger partial charge in [0.15, 0.2) is 18.0 Å². The van der Waals surface area contributed by atoms with Gasteiger partial charge in [0.1, 0.15) is 0 Å². The Morgan fingerprint density at radius 2 is 2.13 bits per heavy atom. The van der Waals surface area contributed by atoms with Crippen LogP contribution in [0.2, 0.25) is 0 Å². The van der Waals surface area contributed by atoms with Gasteiger partial charge in [-0.1, -0.05) is 18.2 Å². The molecule has 6 nitrogen and oxygen atoms in total.